The van der Waals surface area contributed by atoms with E-state index in [9.17, 15) is 102 Å². The van der Waals surface area contributed by atoms with E-state index in [1.807, 2.05) is 0 Å². The molecule has 21 heterocycles. The zero-order valence-corrected chi connectivity index (χ0v) is 43.5. The molecule has 470 valence electrons. The summed E-state index contributed by atoms with van der Waals surface area (Å²) >= 11 is 5.18. The topological polar surface area (TPSA) is 558 Å². The highest BCUT2D eigenvalue weighted by molar-refractivity contribution is 7.80. The highest BCUT2D eigenvalue weighted by Crippen LogP contribution is 2.39. The molecule has 0 unspecified atom stereocenters. The van der Waals surface area contributed by atoms with E-state index < -0.39 is 261 Å². The number of thiocarbonyl (C=S) groups is 1. The van der Waals surface area contributed by atoms with E-state index in [-0.39, 0.29) is 5.11 Å². The van der Waals surface area contributed by atoms with Gasteiger partial charge in [0.05, 0.1) is 39.6 Å². The molecular weight excluding hydrogens is 1130 g/mol. The second-order valence-electron chi connectivity index (χ2n) is 20.4. The van der Waals surface area contributed by atoms with Crippen LogP contribution in [0.15, 0.2) is 0 Å². The maximum atomic E-state index is 11.6. The molecular formula is C44H74N2O34S. The van der Waals surface area contributed by atoms with E-state index >= 15 is 0 Å². The Morgan fingerprint density at radius 1 is 0.272 bits per heavy atom. The average molecular weight is 1210 g/mol. The Hall–Kier alpha value is -1.67. The quantitative estimate of drug-likeness (QED) is 0.100. The fourth-order valence-corrected chi connectivity index (χ4v) is 10.8. The molecule has 0 aliphatic carbocycles. The molecule has 35 atom stereocenters. The first-order valence-corrected chi connectivity index (χ1v) is 26.3. The number of ether oxygens (including phenoxy) is 14. The zero-order chi connectivity index (χ0) is 59.0. The third-order valence-corrected chi connectivity index (χ3v) is 15.6. The lowest BCUT2D eigenvalue weighted by Crippen LogP contribution is -2.68. The predicted molar refractivity (Wildman–Crippen MR) is 251 cm³/mol. The monoisotopic (exact) mass is 1210 g/mol. The normalized spacial score (nSPS) is 53.1. The van der Waals surface area contributed by atoms with Crippen LogP contribution in [0.3, 0.4) is 0 Å². The van der Waals surface area contributed by atoms with Gasteiger partial charge in [0.25, 0.3) is 0 Å². The van der Waals surface area contributed by atoms with Gasteiger partial charge in [-0.05, 0) is 12.2 Å². The maximum Gasteiger partial charge on any atom is 0.187 e. The highest BCUT2D eigenvalue weighted by atomic mass is 32.1. The molecule has 0 radical (unpaired) electrons. The molecule has 0 aromatic rings. The van der Waals surface area contributed by atoms with Crippen LogP contribution in [0, 0.1) is 0 Å². The summed E-state index contributed by atoms with van der Waals surface area (Å²) in [6, 6.07) is 0. The molecule has 22 N–H and O–H groups in total. The second-order valence-corrected chi connectivity index (χ2v) is 20.8. The minimum absolute atomic E-state index is 0.00463. The van der Waals surface area contributed by atoms with Crippen molar-refractivity contribution in [2.75, 3.05) is 53.2 Å². The summed E-state index contributed by atoms with van der Waals surface area (Å²) < 4.78 is 80.7. The van der Waals surface area contributed by atoms with Crippen molar-refractivity contribution in [3.8, 4) is 0 Å². The van der Waals surface area contributed by atoms with E-state index in [4.69, 9.17) is 78.5 Å². The highest BCUT2D eigenvalue weighted by Gasteiger charge is 2.59. The Labute approximate surface area is 463 Å². The van der Waals surface area contributed by atoms with E-state index in [1.165, 1.54) is 7.05 Å². The Morgan fingerprint density at radius 3 is 0.593 bits per heavy atom. The van der Waals surface area contributed by atoms with Crippen LogP contribution in [0.5, 0.6) is 0 Å². The van der Waals surface area contributed by atoms with Gasteiger partial charge >= 0.3 is 0 Å². The standard InChI is InChI=1S/C44H74N2O34S/c1-45-44(81)46-2-9-30-16(53)23(60)37(67-9)75-31-10(3-47)69-39(25(62)18(31)55)77-33-12(5-49)71-41(27(64)20(33)57)79-35-14(7-51)73-43(29(66)22(35)59)80-36-15(8-52)72-42(28(65)21(36)58)78-34-13(6-50)70-40(26(63)19(34)56)76-32-11(4-48)68-38(74-30)24(61)17(32)54/h9-43,47-66H,2-8H2,1H3,(H2,45,46,81)/t9-,10-,11-,12-,13-,14-,15-,16-,17-,18-,19-,20-,21-,22-,23-,24-,25+,26-,27+,28-,29-,30-,31-,32-,33-,34-,35-,36-,37-,38-,39-,40-,41-,42-,43-/m1/s1. The van der Waals surface area contributed by atoms with Gasteiger partial charge in [-0.15, -0.1) is 0 Å². The summed E-state index contributed by atoms with van der Waals surface area (Å²) in [4.78, 5) is 0. The average Bonchev–Trinajstić information content (AvgIpc) is 3.59. The third kappa shape index (κ3) is 13.3. The van der Waals surface area contributed by atoms with Crippen molar-refractivity contribution in [1.29, 1.82) is 0 Å². The Kier molecular flexibility index (Phi) is 22.6. The molecule has 0 amide bonds. The maximum absolute atomic E-state index is 11.6. The smallest absolute Gasteiger partial charge is 0.187 e. The summed E-state index contributed by atoms with van der Waals surface area (Å²) in [7, 11) is 1.45. The van der Waals surface area contributed by atoms with Crippen LogP contribution in [0.4, 0.5) is 0 Å². The zero-order valence-electron chi connectivity index (χ0n) is 42.7. The van der Waals surface area contributed by atoms with Crippen molar-refractivity contribution in [2.45, 2.75) is 215 Å². The molecule has 21 fully saturated rings. The Bertz CT molecular complexity index is 1970. The fraction of sp³-hybridized carbons (Fsp3) is 0.977. The van der Waals surface area contributed by atoms with Gasteiger partial charge in [-0.3, -0.25) is 0 Å². The van der Waals surface area contributed by atoms with Gasteiger partial charge in [0.15, 0.2) is 49.1 Å². The van der Waals surface area contributed by atoms with Gasteiger partial charge < -0.3 is 179 Å². The predicted octanol–water partition coefficient (Wildman–Crippen LogP) is -15.1. The first-order chi connectivity index (χ1) is 38.5. The molecule has 21 aliphatic rings. The molecule has 21 rings (SSSR count). The number of hydrogen-bond donors (Lipinski definition) is 22. The van der Waals surface area contributed by atoms with Gasteiger partial charge in [0, 0.05) is 13.6 Å². The van der Waals surface area contributed by atoms with Gasteiger partial charge in [0.2, 0.25) is 0 Å². The molecule has 21 saturated heterocycles. The lowest BCUT2D eigenvalue weighted by molar-refractivity contribution is -0.396. The summed E-state index contributed by atoms with van der Waals surface area (Å²) in [5.74, 6) is 0. The van der Waals surface area contributed by atoms with E-state index in [1.54, 1.807) is 0 Å². The second kappa shape index (κ2) is 28.0. The number of aliphatic hydroxyl groups excluding tert-OH is 20. The SMILES string of the molecule is CNC(=S)NC[C@H]1O[C@@H]2O[C@H]3[C@H](O)[C@H](O)[C@@H](O[C@H]4[C@H](O)[C@H](O)[C@@H](O[C@H]5[C@H](O)[C@@H](O)[C@@H](O[C@H]6[C@H](O)[C@@H](O)[C@@H](O[C@H]7[C@H](O)[C@@H](O)[C@@H](O[C@H]8[C@H](O)[C@@H](O)[C@@H](O[C@H]1[C@H](O)[C@H]2O)O[C@@H]8CO)O[C@@H]7CO)O[C@@H]6CO)O[C@@H]5CO)O[C@@H]4CO)O[C@@H]3CO. The van der Waals surface area contributed by atoms with Gasteiger partial charge in [-0.1, -0.05) is 0 Å². The van der Waals surface area contributed by atoms with Crippen LogP contribution in [0.1, 0.15) is 0 Å². The van der Waals surface area contributed by atoms with Crippen molar-refractivity contribution < 1.29 is 168 Å². The van der Waals surface area contributed by atoms with E-state index in [0.29, 0.717) is 0 Å². The van der Waals surface area contributed by atoms with E-state index in [2.05, 4.69) is 10.6 Å². The third-order valence-electron chi connectivity index (χ3n) is 15.3. The molecule has 37 heteroatoms. The molecule has 0 aromatic carbocycles. The molecule has 0 saturated carbocycles. The number of nitrogens with one attached hydrogen (secondary N) is 2. The van der Waals surface area contributed by atoms with Crippen LogP contribution in [0.2, 0.25) is 0 Å². The van der Waals surface area contributed by atoms with Gasteiger partial charge in [-0.25, -0.2) is 0 Å². The Balaban J connectivity index is 1.09. The van der Waals surface area contributed by atoms with Crippen molar-refractivity contribution in [3.05, 3.63) is 0 Å². The lowest BCUT2D eigenvalue weighted by Gasteiger charge is -2.50. The van der Waals surface area contributed by atoms with Crippen molar-refractivity contribution in [1.82, 2.24) is 10.6 Å². The van der Waals surface area contributed by atoms with Crippen molar-refractivity contribution >= 4 is 17.3 Å². The number of rotatable bonds is 8. The molecule has 81 heavy (non-hydrogen) atoms. The molecule has 14 bridgehead atoms. The first kappa shape index (κ1) is 65.3. The summed E-state index contributed by atoms with van der Waals surface area (Å²) in [6.45, 7) is -6.66. The van der Waals surface area contributed by atoms with Crippen LogP contribution in [0.25, 0.3) is 0 Å². The van der Waals surface area contributed by atoms with Crippen molar-refractivity contribution in [3.63, 3.8) is 0 Å². The van der Waals surface area contributed by atoms with Gasteiger partial charge in [-0.2, -0.15) is 0 Å². The fourth-order valence-electron chi connectivity index (χ4n) is 10.7. The summed E-state index contributed by atoms with van der Waals surface area (Å²) in [5.41, 5.74) is 0. The first-order valence-electron chi connectivity index (χ1n) is 25.9. The number of hydrogen-bond acceptors (Lipinski definition) is 35. The van der Waals surface area contributed by atoms with Crippen LogP contribution in [-0.4, -0.2) is 375 Å². The van der Waals surface area contributed by atoms with Crippen LogP contribution >= 0.6 is 12.2 Å². The van der Waals surface area contributed by atoms with E-state index in [0.717, 1.165) is 0 Å². The molecule has 0 aromatic heterocycles. The Morgan fingerprint density at radius 2 is 0.432 bits per heavy atom. The van der Waals surface area contributed by atoms with Crippen LogP contribution in [-0.2, 0) is 66.3 Å². The largest absolute Gasteiger partial charge is 0.394 e. The summed E-state index contributed by atoms with van der Waals surface area (Å²) in [5, 5.41) is 227. The molecule has 0 spiro atoms. The minimum Gasteiger partial charge on any atom is -0.394 e. The summed E-state index contributed by atoms with van der Waals surface area (Å²) in [6.07, 6.45) is -69.7. The minimum atomic E-state index is -2.21. The lowest BCUT2D eigenvalue weighted by atomic mass is 9.95. The van der Waals surface area contributed by atoms with Crippen LogP contribution < -0.4 is 10.6 Å². The molecule has 36 nitrogen and oxygen atoms in total. The van der Waals surface area contributed by atoms with Gasteiger partial charge in [0.1, 0.15) is 171 Å². The van der Waals surface area contributed by atoms with Crippen molar-refractivity contribution in [2.24, 2.45) is 0 Å². The molecule has 21 aliphatic heterocycles. The number of aliphatic hydroxyl groups is 20.